The number of halogens is 1. The van der Waals surface area contributed by atoms with Gasteiger partial charge in [-0.2, -0.15) is 0 Å². The van der Waals surface area contributed by atoms with Gasteiger partial charge in [-0.25, -0.2) is 0 Å². The monoisotopic (exact) mass is 286 g/mol. The van der Waals surface area contributed by atoms with Gasteiger partial charge in [0, 0.05) is 30.4 Å². The van der Waals surface area contributed by atoms with Crippen molar-refractivity contribution in [3.8, 4) is 0 Å². The van der Waals surface area contributed by atoms with Crippen molar-refractivity contribution in [2.45, 2.75) is 13.0 Å². The maximum absolute atomic E-state index is 11.2. The highest BCUT2D eigenvalue weighted by molar-refractivity contribution is 9.09. The lowest BCUT2D eigenvalue weighted by Gasteiger charge is -2.03. The molecule has 1 N–H and O–H groups in total. The van der Waals surface area contributed by atoms with Crippen molar-refractivity contribution in [1.82, 2.24) is 5.32 Å². The summed E-state index contributed by atoms with van der Waals surface area (Å²) in [6.07, 6.45) is 0.398. The molecule has 0 fully saturated rings. The average Bonchev–Trinajstić information content (AvgIpc) is 2.27. The van der Waals surface area contributed by atoms with Crippen molar-refractivity contribution in [3.63, 3.8) is 0 Å². The number of hydrogen-bond acceptors (Lipinski definition) is 3. The largest absolute Gasteiger partial charge is 0.352 e. The number of amides is 1. The number of nitro benzene ring substituents is 1. The Morgan fingerprint density at radius 2 is 2.25 bits per heavy atom. The zero-order valence-corrected chi connectivity index (χ0v) is 10.1. The lowest BCUT2D eigenvalue weighted by atomic mass is 10.2. The van der Waals surface area contributed by atoms with Crippen molar-refractivity contribution in [2.75, 3.05) is 5.33 Å². The molecule has 16 heavy (non-hydrogen) atoms. The van der Waals surface area contributed by atoms with Crippen LogP contribution in [0.1, 0.15) is 12.0 Å². The maximum Gasteiger partial charge on any atom is 0.269 e. The third-order valence-electron chi connectivity index (χ3n) is 1.93. The average molecular weight is 287 g/mol. The van der Waals surface area contributed by atoms with Crippen LogP contribution in [0.5, 0.6) is 0 Å². The number of nitrogens with one attached hydrogen (secondary N) is 1. The van der Waals surface area contributed by atoms with Crippen molar-refractivity contribution < 1.29 is 9.72 Å². The number of rotatable bonds is 5. The van der Waals surface area contributed by atoms with Crippen LogP contribution in [0, 0.1) is 10.1 Å². The molecule has 0 aliphatic rings. The fraction of sp³-hybridized carbons (Fsp3) is 0.300. The molecule has 1 aromatic rings. The summed E-state index contributed by atoms with van der Waals surface area (Å²) in [5.41, 5.74) is 0.754. The van der Waals surface area contributed by atoms with Crippen LogP contribution in [-0.4, -0.2) is 16.2 Å². The van der Waals surface area contributed by atoms with E-state index < -0.39 is 4.92 Å². The topological polar surface area (TPSA) is 72.2 Å². The first kappa shape index (κ1) is 12.6. The second kappa shape index (κ2) is 6.22. The summed E-state index contributed by atoms with van der Waals surface area (Å²) in [5.74, 6) is -0.0802. The van der Waals surface area contributed by atoms with Gasteiger partial charge in [0.15, 0.2) is 0 Å². The minimum atomic E-state index is -0.455. The molecule has 0 saturated carbocycles. The van der Waals surface area contributed by atoms with Gasteiger partial charge >= 0.3 is 0 Å². The number of hydrogen-bond donors (Lipinski definition) is 1. The molecule has 0 radical (unpaired) electrons. The molecule has 86 valence electrons. The van der Waals surface area contributed by atoms with Crippen molar-refractivity contribution in [1.29, 1.82) is 0 Å². The van der Waals surface area contributed by atoms with Crippen LogP contribution in [0.2, 0.25) is 0 Å². The Kier molecular flexibility index (Phi) is 4.91. The summed E-state index contributed by atoms with van der Waals surface area (Å²) in [5, 5.41) is 13.8. The van der Waals surface area contributed by atoms with E-state index in [0.29, 0.717) is 18.3 Å². The third kappa shape index (κ3) is 3.98. The molecule has 0 saturated heterocycles. The smallest absolute Gasteiger partial charge is 0.269 e. The number of carbonyl (C=O) groups is 1. The summed E-state index contributed by atoms with van der Waals surface area (Å²) in [7, 11) is 0. The van der Waals surface area contributed by atoms with Crippen LogP contribution in [0.4, 0.5) is 5.69 Å². The second-order valence-corrected chi connectivity index (χ2v) is 3.94. The number of carbonyl (C=O) groups excluding carboxylic acids is 1. The van der Waals surface area contributed by atoms with E-state index in [-0.39, 0.29) is 11.6 Å². The predicted octanol–water partition coefficient (Wildman–Crippen LogP) is 2.00. The highest BCUT2D eigenvalue weighted by Crippen LogP contribution is 2.12. The zero-order chi connectivity index (χ0) is 12.0. The third-order valence-corrected chi connectivity index (χ3v) is 2.33. The molecule has 6 heteroatoms. The molecule has 1 rings (SSSR count). The van der Waals surface area contributed by atoms with E-state index in [9.17, 15) is 14.9 Å². The second-order valence-electron chi connectivity index (χ2n) is 3.14. The van der Waals surface area contributed by atoms with Crippen molar-refractivity contribution in [2.24, 2.45) is 0 Å². The number of alkyl halides is 1. The van der Waals surface area contributed by atoms with E-state index >= 15 is 0 Å². The first-order valence-corrected chi connectivity index (χ1v) is 5.81. The lowest BCUT2D eigenvalue weighted by molar-refractivity contribution is -0.384. The van der Waals surface area contributed by atoms with E-state index in [2.05, 4.69) is 21.2 Å². The molecule has 0 aromatic heterocycles. The van der Waals surface area contributed by atoms with Crippen LogP contribution in [0.25, 0.3) is 0 Å². The van der Waals surface area contributed by atoms with Crippen LogP contribution in [-0.2, 0) is 11.3 Å². The van der Waals surface area contributed by atoms with Crippen LogP contribution in [0.15, 0.2) is 24.3 Å². The summed E-state index contributed by atoms with van der Waals surface area (Å²) in [4.78, 5) is 21.2. The maximum atomic E-state index is 11.2. The Labute approximate surface area is 101 Å². The predicted molar refractivity (Wildman–Crippen MR) is 63.4 cm³/mol. The number of nitrogens with zero attached hydrogens (tertiary/aromatic N) is 1. The van der Waals surface area contributed by atoms with E-state index in [4.69, 9.17) is 0 Å². The van der Waals surface area contributed by atoms with Gasteiger partial charge in [-0.15, -0.1) is 0 Å². The summed E-state index contributed by atoms with van der Waals surface area (Å²) >= 11 is 3.16. The molecule has 0 aliphatic carbocycles. The Morgan fingerprint density at radius 3 is 2.88 bits per heavy atom. The Balaban J connectivity index is 2.57. The standard InChI is InChI=1S/C10H11BrN2O3/c11-5-4-10(14)12-7-8-2-1-3-9(6-8)13(15)16/h1-3,6H,4-5,7H2,(H,12,14). The van der Waals surface area contributed by atoms with Crippen molar-refractivity contribution >= 4 is 27.5 Å². The van der Waals surface area contributed by atoms with Gasteiger partial charge in [-0.3, -0.25) is 14.9 Å². The van der Waals surface area contributed by atoms with Gasteiger partial charge in [-0.05, 0) is 5.56 Å². The molecule has 0 spiro atoms. The van der Waals surface area contributed by atoms with Gasteiger partial charge in [0.2, 0.25) is 5.91 Å². The number of nitro groups is 1. The molecule has 0 unspecified atom stereocenters. The van der Waals surface area contributed by atoms with Gasteiger partial charge < -0.3 is 5.32 Å². The molecule has 1 aromatic carbocycles. The molecule has 1 amide bonds. The lowest BCUT2D eigenvalue weighted by Crippen LogP contribution is -2.22. The van der Waals surface area contributed by atoms with E-state index in [0.717, 1.165) is 5.56 Å². The van der Waals surface area contributed by atoms with Gasteiger partial charge in [0.1, 0.15) is 0 Å². The molecule has 0 heterocycles. The first-order chi connectivity index (χ1) is 7.63. The molecule has 0 bridgehead atoms. The fourth-order valence-electron chi connectivity index (χ4n) is 1.15. The summed E-state index contributed by atoms with van der Waals surface area (Å²) in [6, 6.07) is 6.21. The normalized spacial score (nSPS) is 9.81. The Bertz CT molecular complexity index is 395. The molecule has 5 nitrogen and oxygen atoms in total. The van der Waals surface area contributed by atoms with E-state index in [1.54, 1.807) is 12.1 Å². The highest BCUT2D eigenvalue weighted by Gasteiger charge is 2.06. The summed E-state index contributed by atoms with van der Waals surface area (Å²) in [6.45, 7) is 0.313. The van der Waals surface area contributed by atoms with Crippen LogP contribution < -0.4 is 5.32 Å². The van der Waals surface area contributed by atoms with E-state index in [1.807, 2.05) is 0 Å². The quantitative estimate of drug-likeness (QED) is 0.511. The zero-order valence-electron chi connectivity index (χ0n) is 8.48. The SMILES string of the molecule is O=C(CCBr)NCc1cccc([N+](=O)[O-])c1. The molecule has 0 atom stereocenters. The number of benzene rings is 1. The van der Waals surface area contributed by atoms with Crippen LogP contribution in [0.3, 0.4) is 0 Å². The Morgan fingerprint density at radius 1 is 1.50 bits per heavy atom. The number of non-ortho nitro benzene ring substituents is 1. The van der Waals surface area contributed by atoms with E-state index in [1.165, 1.54) is 12.1 Å². The molecular weight excluding hydrogens is 276 g/mol. The first-order valence-electron chi connectivity index (χ1n) is 4.69. The van der Waals surface area contributed by atoms with Crippen molar-refractivity contribution in [3.05, 3.63) is 39.9 Å². The molecular formula is C10H11BrN2O3. The van der Waals surface area contributed by atoms with Gasteiger partial charge in [0.05, 0.1) is 4.92 Å². The van der Waals surface area contributed by atoms with Gasteiger partial charge in [-0.1, -0.05) is 28.1 Å². The minimum Gasteiger partial charge on any atom is -0.352 e. The highest BCUT2D eigenvalue weighted by atomic mass is 79.9. The minimum absolute atomic E-state index is 0.0345. The van der Waals surface area contributed by atoms with Gasteiger partial charge in [0.25, 0.3) is 5.69 Å². The molecule has 0 aliphatic heterocycles. The fourth-order valence-corrected chi connectivity index (χ4v) is 1.51. The summed E-state index contributed by atoms with van der Waals surface area (Å²) < 4.78 is 0. The Hall–Kier alpha value is -1.43. The van der Waals surface area contributed by atoms with Crippen LogP contribution >= 0.6 is 15.9 Å².